The fraction of sp³-hybridized carbons (Fsp3) is 0.828. The molecule has 0 aliphatic rings. The number of esters is 1. The van der Waals surface area contributed by atoms with Crippen LogP contribution in [0, 0.1) is 0 Å². The molecule has 64 heavy (non-hydrogen) atoms. The van der Waals surface area contributed by atoms with Crippen LogP contribution in [-0.4, -0.2) is 47.4 Å². The summed E-state index contributed by atoms with van der Waals surface area (Å²) in [4.78, 5) is 24.5. The van der Waals surface area contributed by atoms with Gasteiger partial charge in [-0.05, 0) is 96.3 Å². The summed E-state index contributed by atoms with van der Waals surface area (Å²) in [6.45, 7) is 4.82. The summed E-state index contributed by atoms with van der Waals surface area (Å²) in [7, 11) is 0. The molecule has 6 nitrogen and oxygen atoms in total. The van der Waals surface area contributed by atoms with E-state index < -0.39 is 12.1 Å². The molecule has 0 radical (unpaired) electrons. The van der Waals surface area contributed by atoms with E-state index in [0.29, 0.717) is 19.4 Å². The predicted octanol–water partition coefficient (Wildman–Crippen LogP) is 17.0. The summed E-state index contributed by atoms with van der Waals surface area (Å²) in [6, 6.07) is -0.648. The number of carbonyl (C=O) groups is 2. The smallest absolute Gasteiger partial charge is 0.305 e. The number of hydrogen-bond acceptors (Lipinski definition) is 5. The van der Waals surface area contributed by atoms with Crippen LogP contribution in [0.25, 0.3) is 0 Å². The third-order valence-corrected chi connectivity index (χ3v) is 12.6. The minimum Gasteiger partial charge on any atom is -0.466 e. The number of amides is 1. The molecule has 0 aromatic heterocycles. The van der Waals surface area contributed by atoms with Crippen molar-refractivity contribution in [3.8, 4) is 0 Å². The van der Waals surface area contributed by atoms with Gasteiger partial charge in [-0.15, -0.1) is 0 Å². The Balaban J connectivity index is 3.54. The maximum atomic E-state index is 12.5. The molecule has 3 N–H and O–H groups in total. The molecular weight excluding hydrogens is 791 g/mol. The van der Waals surface area contributed by atoms with Gasteiger partial charge in [-0.25, -0.2) is 0 Å². The van der Waals surface area contributed by atoms with Crippen LogP contribution in [0.1, 0.15) is 284 Å². The molecular formula is C58H107NO5. The van der Waals surface area contributed by atoms with Gasteiger partial charge in [0, 0.05) is 12.8 Å². The van der Waals surface area contributed by atoms with Crippen LogP contribution in [0.5, 0.6) is 0 Å². The van der Waals surface area contributed by atoms with Crippen molar-refractivity contribution in [2.75, 3.05) is 13.2 Å². The Morgan fingerprint density at radius 1 is 0.438 bits per heavy atom. The number of nitrogens with one attached hydrogen (secondary N) is 1. The van der Waals surface area contributed by atoms with E-state index in [0.717, 1.165) is 89.9 Å². The Morgan fingerprint density at radius 2 is 0.781 bits per heavy atom. The maximum absolute atomic E-state index is 12.5. The molecule has 0 saturated heterocycles. The zero-order valence-corrected chi connectivity index (χ0v) is 42.5. The van der Waals surface area contributed by atoms with E-state index in [1.54, 1.807) is 6.08 Å². The highest BCUT2D eigenvalue weighted by atomic mass is 16.5. The highest BCUT2D eigenvalue weighted by molar-refractivity contribution is 5.76. The first-order valence-electron chi connectivity index (χ1n) is 27.9. The Kier molecular flexibility index (Phi) is 51.6. The zero-order valence-electron chi connectivity index (χ0n) is 42.5. The van der Waals surface area contributed by atoms with Gasteiger partial charge in [-0.3, -0.25) is 9.59 Å². The van der Waals surface area contributed by atoms with E-state index in [9.17, 15) is 19.8 Å². The fourth-order valence-corrected chi connectivity index (χ4v) is 8.25. The van der Waals surface area contributed by atoms with Gasteiger partial charge in [0.2, 0.25) is 5.91 Å². The van der Waals surface area contributed by atoms with E-state index in [4.69, 9.17) is 4.74 Å². The summed E-state index contributed by atoms with van der Waals surface area (Å²) in [5, 5.41) is 23.1. The van der Waals surface area contributed by atoms with Crippen molar-refractivity contribution in [1.29, 1.82) is 0 Å². The molecule has 0 heterocycles. The molecule has 0 aromatic rings. The second kappa shape index (κ2) is 53.4. The number of aliphatic hydroxyl groups excluding tert-OH is 2. The summed E-state index contributed by atoms with van der Waals surface area (Å²) < 4.78 is 5.45. The molecule has 0 fully saturated rings. The third-order valence-electron chi connectivity index (χ3n) is 12.6. The van der Waals surface area contributed by atoms with E-state index in [1.807, 2.05) is 6.08 Å². The lowest BCUT2D eigenvalue weighted by atomic mass is 10.0. The summed E-state index contributed by atoms with van der Waals surface area (Å²) in [5.41, 5.74) is 0. The molecule has 1 amide bonds. The lowest BCUT2D eigenvalue weighted by Gasteiger charge is -2.20. The van der Waals surface area contributed by atoms with Crippen molar-refractivity contribution in [3.05, 3.63) is 48.6 Å². The lowest BCUT2D eigenvalue weighted by molar-refractivity contribution is -0.143. The summed E-state index contributed by atoms with van der Waals surface area (Å²) in [6.07, 6.45) is 66.9. The van der Waals surface area contributed by atoms with Crippen LogP contribution >= 0.6 is 0 Å². The molecule has 374 valence electrons. The van der Waals surface area contributed by atoms with Crippen LogP contribution in [0.3, 0.4) is 0 Å². The second-order valence-electron chi connectivity index (χ2n) is 18.9. The number of hydrogen-bond donors (Lipinski definition) is 3. The Hall–Kier alpha value is -2.18. The summed E-state index contributed by atoms with van der Waals surface area (Å²) >= 11 is 0. The zero-order chi connectivity index (χ0) is 46.5. The number of allylic oxidation sites excluding steroid dienone is 7. The highest BCUT2D eigenvalue weighted by Gasteiger charge is 2.18. The van der Waals surface area contributed by atoms with Crippen molar-refractivity contribution >= 4 is 11.9 Å². The van der Waals surface area contributed by atoms with Gasteiger partial charge in [0.15, 0.2) is 0 Å². The van der Waals surface area contributed by atoms with Crippen molar-refractivity contribution < 1.29 is 24.5 Å². The van der Waals surface area contributed by atoms with Crippen LogP contribution in [-0.2, 0) is 14.3 Å². The minimum absolute atomic E-state index is 0.0325. The second-order valence-corrected chi connectivity index (χ2v) is 18.9. The van der Waals surface area contributed by atoms with Crippen molar-refractivity contribution in [1.82, 2.24) is 5.32 Å². The number of rotatable bonds is 51. The average molecular weight is 898 g/mol. The van der Waals surface area contributed by atoms with E-state index in [-0.39, 0.29) is 18.5 Å². The standard InChI is InChI=1S/C58H107NO5/c1-3-5-7-9-11-13-15-17-19-21-23-24-26-30-34-38-42-46-50-56(61)55(54-60)59-57(62)51-47-43-39-35-31-28-29-33-37-41-45-49-53-64-58(63)52-48-44-40-36-32-27-25-22-20-18-16-14-12-10-8-6-4-2/h12,14,18,20,29,33,46,50,55-56,60-61H,3-11,13,15-17,19,21-28,30-32,34-45,47-49,51-54H2,1-2H3,(H,59,62)/b14-12-,20-18-,33-29-,50-46+. The van der Waals surface area contributed by atoms with Crippen molar-refractivity contribution in [3.63, 3.8) is 0 Å². The van der Waals surface area contributed by atoms with Crippen LogP contribution < -0.4 is 5.32 Å². The quantitative estimate of drug-likeness (QED) is 0.0321. The van der Waals surface area contributed by atoms with Gasteiger partial charge in [-0.1, -0.05) is 223 Å². The number of aliphatic hydroxyl groups is 2. The predicted molar refractivity (Wildman–Crippen MR) is 278 cm³/mol. The Labute approximate surface area is 397 Å². The minimum atomic E-state index is -0.862. The van der Waals surface area contributed by atoms with Crippen LogP contribution in [0.15, 0.2) is 48.6 Å². The fourth-order valence-electron chi connectivity index (χ4n) is 8.25. The largest absolute Gasteiger partial charge is 0.466 e. The maximum Gasteiger partial charge on any atom is 0.305 e. The number of carbonyl (C=O) groups excluding carboxylic acids is 2. The average Bonchev–Trinajstić information content (AvgIpc) is 3.29. The van der Waals surface area contributed by atoms with Gasteiger partial charge in [-0.2, -0.15) is 0 Å². The Morgan fingerprint density at radius 3 is 1.23 bits per heavy atom. The molecule has 2 atom stereocenters. The molecule has 0 bridgehead atoms. The molecule has 0 saturated carbocycles. The first-order chi connectivity index (χ1) is 31.5. The molecule has 2 unspecified atom stereocenters. The van der Waals surface area contributed by atoms with Crippen molar-refractivity contribution in [2.24, 2.45) is 0 Å². The first-order valence-corrected chi connectivity index (χ1v) is 27.9. The Bertz CT molecular complexity index is 1080. The monoisotopic (exact) mass is 898 g/mol. The number of unbranched alkanes of at least 4 members (excludes halogenated alkanes) is 34. The molecule has 0 rings (SSSR count). The summed E-state index contributed by atoms with van der Waals surface area (Å²) in [5.74, 6) is -0.126. The van der Waals surface area contributed by atoms with Gasteiger partial charge >= 0.3 is 5.97 Å². The van der Waals surface area contributed by atoms with E-state index in [1.165, 1.54) is 167 Å². The topological polar surface area (TPSA) is 95.9 Å². The normalized spacial score (nSPS) is 13.0. The van der Waals surface area contributed by atoms with E-state index in [2.05, 4.69) is 55.6 Å². The van der Waals surface area contributed by atoms with Crippen LogP contribution in [0.2, 0.25) is 0 Å². The molecule has 6 heteroatoms. The number of ether oxygens (including phenoxy) is 1. The molecule has 0 spiro atoms. The van der Waals surface area contributed by atoms with Gasteiger partial charge in [0.1, 0.15) is 0 Å². The molecule has 0 aliphatic heterocycles. The molecule has 0 aliphatic carbocycles. The first kappa shape index (κ1) is 61.8. The van der Waals surface area contributed by atoms with Crippen molar-refractivity contribution in [2.45, 2.75) is 296 Å². The van der Waals surface area contributed by atoms with Crippen LogP contribution in [0.4, 0.5) is 0 Å². The lowest BCUT2D eigenvalue weighted by Crippen LogP contribution is -2.45. The third kappa shape index (κ3) is 49.3. The van der Waals surface area contributed by atoms with Gasteiger partial charge in [0.05, 0.1) is 25.4 Å². The highest BCUT2D eigenvalue weighted by Crippen LogP contribution is 2.16. The van der Waals surface area contributed by atoms with Gasteiger partial charge < -0.3 is 20.3 Å². The molecule has 0 aromatic carbocycles. The van der Waals surface area contributed by atoms with E-state index >= 15 is 0 Å². The van der Waals surface area contributed by atoms with Gasteiger partial charge in [0.25, 0.3) is 0 Å². The SMILES string of the molecule is CCCCC/C=C\C/C=C\CCCCCCCCCC(=O)OCCCCC/C=C\CCCCCCCC(=O)NC(CO)C(O)/C=C/CCCCCCCCCCCCCCCCCC.